The molecule has 0 fully saturated rings. The molecule has 21 heavy (non-hydrogen) atoms. The second-order valence-corrected chi connectivity index (χ2v) is 5.78. The Morgan fingerprint density at radius 2 is 2.05 bits per heavy atom. The number of benzene rings is 2. The number of rotatable bonds is 4. The maximum Gasteiger partial charge on any atom is 0.330 e. The van der Waals surface area contributed by atoms with Gasteiger partial charge < -0.3 is 4.74 Å². The normalized spacial score (nSPS) is 11.5. The zero-order valence-electron chi connectivity index (χ0n) is 11.8. The van der Waals surface area contributed by atoms with Crippen LogP contribution in [0.1, 0.15) is 12.5 Å². The molecule has 0 saturated carbocycles. The Morgan fingerprint density at radius 3 is 2.90 bits per heavy atom. The summed E-state index contributed by atoms with van der Waals surface area (Å²) in [5.41, 5.74) is 1.22. The first-order valence-corrected chi connectivity index (χ1v) is 7.85. The van der Waals surface area contributed by atoms with Gasteiger partial charge in [-0.05, 0) is 40.8 Å². The van der Waals surface area contributed by atoms with E-state index in [1.807, 2.05) is 0 Å². The van der Waals surface area contributed by atoms with Gasteiger partial charge in [-0.25, -0.2) is 4.79 Å². The number of carbonyl (C=O) groups is 1. The Hall–Kier alpha value is -2.13. The molecule has 0 aliphatic carbocycles. The largest absolute Gasteiger partial charge is 0.462 e. The van der Waals surface area contributed by atoms with Gasteiger partial charge in [0.05, 0.1) is 6.61 Å². The van der Waals surface area contributed by atoms with Crippen LogP contribution in [-0.4, -0.2) is 12.6 Å². The van der Waals surface area contributed by atoms with Gasteiger partial charge in [0, 0.05) is 22.6 Å². The molecule has 3 aromatic rings. The number of thiophene rings is 1. The maximum absolute atomic E-state index is 11.3. The van der Waals surface area contributed by atoms with Crippen molar-refractivity contribution in [2.45, 2.75) is 13.3 Å². The first-order valence-electron chi connectivity index (χ1n) is 6.97. The lowest BCUT2D eigenvalue weighted by Gasteiger charge is -2.08. The highest BCUT2D eigenvalue weighted by atomic mass is 32.1. The Morgan fingerprint density at radius 1 is 1.14 bits per heavy atom. The second kappa shape index (κ2) is 6.10. The van der Waals surface area contributed by atoms with Crippen LogP contribution >= 0.6 is 11.3 Å². The molecule has 3 heteroatoms. The van der Waals surface area contributed by atoms with Crippen LogP contribution in [0.15, 0.2) is 53.9 Å². The lowest BCUT2D eigenvalue weighted by molar-refractivity contribution is -0.137. The van der Waals surface area contributed by atoms with Gasteiger partial charge in [0.2, 0.25) is 0 Å². The van der Waals surface area contributed by atoms with Crippen molar-refractivity contribution >= 4 is 38.2 Å². The average molecular weight is 296 g/mol. The molecule has 0 saturated heterocycles. The highest BCUT2D eigenvalue weighted by Crippen LogP contribution is 2.30. The fourth-order valence-corrected chi connectivity index (χ4v) is 3.34. The van der Waals surface area contributed by atoms with Crippen molar-refractivity contribution in [1.29, 1.82) is 0 Å². The topological polar surface area (TPSA) is 26.3 Å². The molecule has 0 bridgehead atoms. The van der Waals surface area contributed by atoms with Gasteiger partial charge in [0.15, 0.2) is 0 Å². The molecule has 0 aliphatic rings. The van der Waals surface area contributed by atoms with E-state index in [4.69, 9.17) is 4.74 Å². The highest BCUT2D eigenvalue weighted by molar-refractivity contribution is 7.17. The summed E-state index contributed by atoms with van der Waals surface area (Å²) >= 11 is 1.76. The molecule has 3 rings (SSSR count). The van der Waals surface area contributed by atoms with Crippen molar-refractivity contribution in [3.05, 3.63) is 59.5 Å². The first kappa shape index (κ1) is 13.8. The van der Waals surface area contributed by atoms with Gasteiger partial charge >= 0.3 is 5.97 Å². The minimum absolute atomic E-state index is 0.280. The zero-order chi connectivity index (χ0) is 14.7. The van der Waals surface area contributed by atoms with Gasteiger partial charge in [-0.15, -0.1) is 11.3 Å². The monoisotopic (exact) mass is 296 g/mol. The molecule has 0 amide bonds. The molecule has 0 spiro atoms. The van der Waals surface area contributed by atoms with Crippen molar-refractivity contribution in [1.82, 2.24) is 0 Å². The van der Waals surface area contributed by atoms with Gasteiger partial charge in [-0.3, -0.25) is 0 Å². The standard InChI is InChI=1S/C18H16O2S/c1-2-4-18(19)20-11-9-13-5-3-6-15-14(13)7-8-17-16(15)10-12-21-17/h2-8,10,12H,9,11H2,1H3. The van der Waals surface area contributed by atoms with Gasteiger partial charge in [-0.2, -0.15) is 0 Å². The van der Waals surface area contributed by atoms with E-state index < -0.39 is 0 Å². The van der Waals surface area contributed by atoms with Crippen LogP contribution in [-0.2, 0) is 16.0 Å². The lowest BCUT2D eigenvalue weighted by atomic mass is 10.0. The molecule has 2 aromatic carbocycles. The van der Waals surface area contributed by atoms with Crippen molar-refractivity contribution in [3.63, 3.8) is 0 Å². The Balaban J connectivity index is 1.87. The molecular formula is C18H16O2S. The number of fused-ring (bicyclic) bond motifs is 3. The van der Waals surface area contributed by atoms with Crippen LogP contribution in [0.25, 0.3) is 20.9 Å². The third-order valence-electron chi connectivity index (χ3n) is 3.50. The van der Waals surface area contributed by atoms with Crippen LogP contribution < -0.4 is 0 Å². The van der Waals surface area contributed by atoms with Gasteiger partial charge in [-0.1, -0.05) is 30.3 Å². The second-order valence-electron chi connectivity index (χ2n) is 4.83. The van der Waals surface area contributed by atoms with E-state index in [2.05, 4.69) is 41.8 Å². The van der Waals surface area contributed by atoms with Crippen LogP contribution in [0.4, 0.5) is 0 Å². The van der Waals surface area contributed by atoms with Gasteiger partial charge in [0.1, 0.15) is 0 Å². The number of carbonyl (C=O) groups excluding carboxylic acids is 1. The minimum atomic E-state index is -0.280. The molecule has 0 atom stereocenters. The molecule has 2 nitrogen and oxygen atoms in total. The predicted octanol–water partition coefficient (Wildman–Crippen LogP) is 4.72. The van der Waals surface area contributed by atoms with Crippen LogP contribution in [0, 0.1) is 0 Å². The number of hydrogen-bond acceptors (Lipinski definition) is 3. The molecule has 1 heterocycles. The third kappa shape index (κ3) is 2.83. The van der Waals surface area contributed by atoms with Crippen molar-refractivity contribution in [2.75, 3.05) is 6.61 Å². The number of ether oxygens (including phenoxy) is 1. The van der Waals surface area contributed by atoms with Crippen LogP contribution in [0.5, 0.6) is 0 Å². The molecule has 1 aromatic heterocycles. The Bertz CT molecular complexity index is 814. The SMILES string of the molecule is CC=CC(=O)OCCc1cccc2c1ccc1sccc12. The van der Waals surface area contributed by atoms with Gasteiger partial charge in [0.25, 0.3) is 0 Å². The maximum atomic E-state index is 11.3. The number of hydrogen-bond donors (Lipinski definition) is 0. The quantitative estimate of drug-likeness (QED) is 0.514. The predicted molar refractivity (Wildman–Crippen MR) is 88.8 cm³/mol. The average Bonchev–Trinajstić information content (AvgIpc) is 2.96. The first-order chi connectivity index (χ1) is 10.3. The van der Waals surface area contributed by atoms with E-state index in [0.717, 1.165) is 6.42 Å². The molecule has 0 radical (unpaired) electrons. The minimum Gasteiger partial charge on any atom is -0.462 e. The van der Waals surface area contributed by atoms with E-state index in [0.29, 0.717) is 6.61 Å². The summed E-state index contributed by atoms with van der Waals surface area (Å²) in [6, 6.07) is 12.8. The summed E-state index contributed by atoms with van der Waals surface area (Å²) in [6.45, 7) is 2.21. The van der Waals surface area contributed by atoms with E-state index in [1.165, 1.54) is 32.5 Å². The molecular weight excluding hydrogens is 280 g/mol. The summed E-state index contributed by atoms with van der Waals surface area (Å²) in [4.78, 5) is 11.3. The Labute approximate surface area is 127 Å². The summed E-state index contributed by atoms with van der Waals surface area (Å²) in [5.74, 6) is -0.280. The number of esters is 1. The summed E-state index contributed by atoms with van der Waals surface area (Å²) in [7, 11) is 0. The van der Waals surface area contributed by atoms with Crippen molar-refractivity contribution in [3.8, 4) is 0 Å². The highest BCUT2D eigenvalue weighted by Gasteiger charge is 2.06. The summed E-state index contributed by atoms with van der Waals surface area (Å²) < 4.78 is 6.49. The van der Waals surface area contributed by atoms with E-state index in [1.54, 1.807) is 24.3 Å². The molecule has 0 N–H and O–H groups in total. The van der Waals surface area contributed by atoms with Crippen molar-refractivity contribution < 1.29 is 9.53 Å². The molecule has 0 unspecified atom stereocenters. The molecule has 0 aliphatic heterocycles. The Kier molecular flexibility index (Phi) is 4.02. The zero-order valence-corrected chi connectivity index (χ0v) is 12.7. The fourth-order valence-electron chi connectivity index (χ4n) is 2.54. The smallest absolute Gasteiger partial charge is 0.330 e. The van der Waals surface area contributed by atoms with Crippen molar-refractivity contribution in [2.24, 2.45) is 0 Å². The van der Waals surface area contributed by atoms with E-state index in [9.17, 15) is 4.79 Å². The third-order valence-corrected chi connectivity index (χ3v) is 4.38. The lowest BCUT2D eigenvalue weighted by Crippen LogP contribution is -2.04. The molecule has 106 valence electrons. The summed E-state index contributed by atoms with van der Waals surface area (Å²) in [6.07, 6.45) is 3.86. The number of allylic oxidation sites excluding steroid dienone is 1. The fraction of sp³-hybridized carbons (Fsp3) is 0.167. The van der Waals surface area contributed by atoms with Crippen LogP contribution in [0.3, 0.4) is 0 Å². The van der Waals surface area contributed by atoms with E-state index in [-0.39, 0.29) is 5.97 Å². The van der Waals surface area contributed by atoms with E-state index >= 15 is 0 Å². The van der Waals surface area contributed by atoms with Crippen LogP contribution in [0.2, 0.25) is 0 Å². The summed E-state index contributed by atoms with van der Waals surface area (Å²) in [5, 5.41) is 5.93.